The SMILES string of the molecule is CCc1ccsc1CNC(C)C(=O)OC(C)(C)C. The molecule has 0 saturated heterocycles. The lowest BCUT2D eigenvalue weighted by Crippen LogP contribution is -2.38. The summed E-state index contributed by atoms with van der Waals surface area (Å²) in [5, 5.41) is 5.31. The summed E-state index contributed by atoms with van der Waals surface area (Å²) < 4.78 is 5.33. The van der Waals surface area contributed by atoms with E-state index in [9.17, 15) is 4.79 Å². The Balaban J connectivity index is 2.46. The van der Waals surface area contributed by atoms with Crippen molar-refractivity contribution in [3.8, 4) is 0 Å². The third-order valence-electron chi connectivity index (χ3n) is 2.55. The van der Waals surface area contributed by atoms with Crippen LogP contribution in [0.1, 0.15) is 45.1 Å². The molecular weight excluding hydrogens is 246 g/mol. The minimum absolute atomic E-state index is 0.197. The van der Waals surface area contributed by atoms with Gasteiger partial charge in [0.05, 0.1) is 0 Å². The normalized spacial score (nSPS) is 13.4. The van der Waals surface area contributed by atoms with Crippen LogP contribution in [-0.2, 0) is 22.5 Å². The molecule has 1 aromatic heterocycles. The number of carbonyl (C=O) groups excluding carboxylic acids is 1. The molecular formula is C14H23NO2S. The van der Waals surface area contributed by atoms with E-state index in [1.54, 1.807) is 11.3 Å². The van der Waals surface area contributed by atoms with Gasteiger partial charge in [-0.05, 0) is 51.1 Å². The fourth-order valence-corrected chi connectivity index (χ4v) is 2.48. The number of ether oxygens (including phenoxy) is 1. The van der Waals surface area contributed by atoms with Crippen LogP contribution in [-0.4, -0.2) is 17.6 Å². The summed E-state index contributed by atoms with van der Waals surface area (Å²) >= 11 is 1.73. The summed E-state index contributed by atoms with van der Waals surface area (Å²) in [6.45, 7) is 10.3. The molecule has 1 heterocycles. The molecule has 0 spiro atoms. The monoisotopic (exact) mass is 269 g/mol. The average Bonchev–Trinajstić information content (AvgIpc) is 2.70. The minimum Gasteiger partial charge on any atom is -0.459 e. The van der Waals surface area contributed by atoms with E-state index in [1.165, 1.54) is 10.4 Å². The number of carbonyl (C=O) groups is 1. The van der Waals surface area contributed by atoms with Crippen LogP contribution in [0.15, 0.2) is 11.4 Å². The highest BCUT2D eigenvalue weighted by Gasteiger charge is 2.21. The summed E-state index contributed by atoms with van der Waals surface area (Å²) in [5.41, 5.74) is 0.925. The van der Waals surface area contributed by atoms with Crippen LogP contribution in [0.2, 0.25) is 0 Å². The van der Waals surface area contributed by atoms with Crippen molar-refractivity contribution in [3.05, 3.63) is 21.9 Å². The van der Waals surface area contributed by atoms with Crippen molar-refractivity contribution in [2.45, 2.75) is 59.2 Å². The summed E-state index contributed by atoms with van der Waals surface area (Å²) in [5.74, 6) is -0.197. The molecule has 102 valence electrons. The van der Waals surface area contributed by atoms with Crippen LogP contribution in [0.5, 0.6) is 0 Å². The van der Waals surface area contributed by atoms with E-state index in [0.717, 1.165) is 13.0 Å². The molecule has 0 fully saturated rings. The van der Waals surface area contributed by atoms with Gasteiger partial charge in [0.2, 0.25) is 0 Å². The van der Waals surface area contributed by atoms with Gasteiger partial charge in [0.25, 0.3) is 0 Å². The number of esters is 1. The second kappa shape index (κ2) is 6.34. The van der Waals surface area contributed by atoms with Gasteiger partial charge in [-0.15, -0.1) is 11.3 Å². The standard InChI is InChI=1S/C14H23NO2S/c1-6-11-7-8-18-12(11)9-15-10(2)13(16)17-14(3,4)5/h7-8,10,15H,6,9H2,1-5H3. The molecule has 0 bridgehead atoms. The van der Waals surface area contributed by atoms with Crippen LogP contribution in [0, 0.1) is 0 Å². The lowest BCUT2D eigenvalue weighted by Gasteiger charge is -2.22. The maximum Gasteiger partial charge on any atom is 0.323 e. The summed E-state index contributed by atoms with van der Waals surface area (Å²) in [4.78, 5) is 13.1. The first-order valence-corrected chi connectivity index (χ1v) is 7.23. The second-order valence-electron chi connectivity index (χ2n) is 5.36. The van der Waals surface area contributed by atoms with Crippen LogP contribution < -0.4 is 5.32 Å². The molecule has 18 heavy (non-hydrogen) atoms. The van der Waals surface area contributed by atoms with Gasteiger partial charge in [0.15, 0.2) is 0 Å². The summed E-state index contributed by atoms with van der Waals surface area (Å²) in [7, 11) is 0. The molecule has 0 aromatic carbocycles. The molecule has 0 aliphatic rings. The van der Waals surface area contributed by atoms with E-state index in [2.05, 4.69) is 23.7 Å². The van der Waals surface area contributed by atoms with E-state index >= 15 is 0 Å². The molecule has 0 amide bonds. The minimum atomic E-state index is -0.426. The van der Waals surface area contributed by atoms with Gasteiger partial charge in [-0.1, -0.05) is 6.92 Å². The van der Waals surface area contributed by atoms with Crippen molar-refractivity contribution in [1.29, 1.82) is 0 Å². The Morgan fingerprint density at radius 1 is 1.50 bits per heavy atom. The van der Waals surface area contributed by atoms with Crippen molar-refractivity contribution >= 4 is 17.3 Å². The van der Waals surface area contributed by atoms with Crippen molar-refractivity contribution in [1.82, 2.24) is 5.32 Å². The number of hydrogen-bond acceptors (Lipinski definition) is 4. The zero-order chi connectivity index (χ0) is 13.8. The Hall–Kier alpha value is -0.870. The Kier molecular flexibility index (Phi) is 5.35. The Labute approximate surface area is 114 Å². The second-order valence-corrected chi connectivity index (χ2v) is 6.36. The van der Waals surface area contributed by atoms with E-state index in [4.69, 9.17) is 4.74 Å². The van der Waals surface area contributed by atoms with Crippen molar-refractivity contribution < 1.29 is 9.53 Å². The highest BCUT2D eigenvalue weighted by Crippen LogP contribution is 2.17. The molecule has 1 unspecified atom stereocenters. The van der Waals surface area contributed by atoms with Crippen molar-refractivity contribution in [2.24, 2.45) is 0 Å². The van der Waals surface area contributed by atoms with E-state index in [-0.39, 0.29) is 12.0 Å². The molecule has 0 saturated carbocycles. The van der Waals surface area contributed by atoms with Crippen molar-refractivity contribution in [2.75, 3.05) is 0 Å². The van der Waals surface area contributed by atoms with Gasteiger partial charge in [0.1, 0.15) is 11.6 Å². The van der Waals surface area contributed by atoms with Crippen LogP contribution in [0.4, 0.5) is 0 Å². The Bertz CT molecular complexity index is 393. The van der Waals surface area contributed by atoms with Gasteiger partial charge in [-0.3, -0.25) is 10.1 Å². The quantitative estimate of drug-likeness (QED) is 0.835. The number of aryl methyl sites for hydroxylation is 1. The van der Waals surface area contributed by atoms with E-state index < -0.39 is 5.60 Å². The predicted octanol–water partition coefficient (Wildman–Crippen LogP) is 3.13. The number of rotatable bonds is 5. The van der Waals surface area contributed by atoms with Gasteiger partial charge in [-0.2, -0.15) is 0 Å². The average molecular weight is 269 g/mol. The highest BCUT2D eigenvalue weighted by molar-refractivity contribution is 7.10. The first-order chi connectivity index (χ1) is 8.33. The smallest absolute Gasteiger partial charge is 0.323 e. The Morgan fingerprint density at radius 2 is 2.17 bits per heavy atom. The van der Waals surface area contributed by atoms with Crippen LogP contribution in [0.25, 0.3) is 0 Å². The van der Waals surface area contributed by atoms with Gasteiger partial charge in [0, 0.05) is 11.4 Å². The zero-order valence-electron chi connectivity index (χ0n) is 11.9. The topological polar surface area (TPSA) is 38.3 Å². The fourth-order valence-electron chi connectivity index (χ4n) is 1.56. The maximum absolute atomic E-state index is 11.8. The Morgan fingerprint density at radius 3 is 2.72 bits per heavy atom. The number of thiophene rings is 1. The first kappa shape index (κ1) is 15.2. The molecule has 4 heteroatoms. The van der Waals surface area contributed by atoms with E-state index in [1.807, 2.05) is 27.7 Å². The molecule has 0 aliphatic heterocycles. The fraction of sp³-hybridized carbons (Fsp3) is 0.643. The molecule has 1 atom stereocenters. The van der Waals surface area contributed by atoms with Crippen LogP contribution in [0.3, 0.4) is 0 Å². The highest BCUT2D eigenvalue weighted by atomic mass is 32.1. The molecule has 0 radical (unpaired) electrons. The van der Waals surface area contributed by atoms with Crippen molar-refractivity contribution in [3.63, 3.8) is 0 Å². The molecule has 3 nitrogen and oxygen atoms in total. The third-order valence-corrected chi connectivity index (χ3v) is 3.51. The summed E-state index contributed by atoms with van der Waals surface area (Å²) in [6.07, 6.45) is 1.03. The maximum atomic E-state index is 11.8. The number of hydrogen-bond donors (Lipinski definition) is 1. The molecule has 1 rings (SSSR count). The largest absolute Gasteiger partial charge is 0.459 e. The van der Waals surface area contributed by atoms with Gasteiger partial charge in [-0.25, -0.2) is 0 Å². The molecule has 1 N–H and O–H groups in total. The van der Waals surface area contributed by atoms with Gasteiger partial charge < -0.3 is 4.74 Å². The number of nitrogens with one attached hydrogen (secondary N) is 1. The van der Waals surface area contributed by atoms with Gasteiger partial charge >= 0.3 is 5.97 Å². The lowest BCUT2D eigenvalue weighted by molar-refractivity contribution is -0.157. The zero-order valence-corrected chi connectivity index (χ0v) is 12.7. The van der Waals surface area contributed by atoms with Crippen LogP contribution >= 0.6 is 11.3 Å². The lowest BCUT2D eigenvalue weighted by atomic mass is 10.2. The van der Waals surface area contributed by atoms with E-state index in [0.29, 0.717) is 0 Å². The first-order valence-electron chi connectivity index (χ1n) is 6.35. The molecule has 1 aromatic rings. The third kappa shape index (κ3) is 4.78. The summed E-state index contributed by atoms with van der Waals surface area (Å²) in [6, 6.07) is 1.86. The molecule has 0 aliphatic carbocycles. The predicted molar refractivity (Wildman–Crippen MR) is 75.8 cm³/mol.